The number of nitrogens with two attached hydrogens (primary N) is 1. The van der Waals surface area contributed by atoms with Crippen LogP contribution in [-0.4, -0.2) is 32.7 Å². The highest BCUT2D eigenvalue weighted by atomic mass is 35.5. The number of sulfonamides is 1. The molecule has 0 saturated heterocycles. The molecule has 0 aliphatic rings. The Morgan fingerprint density at radius 1 is 1.03 bits per heavy atom. The van der Waals surface area contributed by atoms with Gasteiger partial charge in [0.1, 0.15) is 4.90 Å². The van der Waals surface area contributed by atoms with Crippen molar-refractivity contribution in [2.75, 3.05) is 11.9 Å². The van der Waals surface area contributed by atoms with Crippen molar-refractivity contribution in [2.45, 2.75) is 25.7 Å². The van der Waals surface area contributed by atoms with Gasteiger partial charge >= 0.3 is 5.97 Å². The van der Waals surface area contributed by atoms with E-state index in [1.54, 1.807) is 32.9 Å². The number of rotatable bonds is 6. The van der Waals surface area contributed by atoms with Crippen molar-refractivity contribution >= 4 is 45.0 Å². The highest BCUT2D eigenvalue weighted by molar-refractivity contribution is 7.89. The number of benzene rings is 2. The quantitative estimate of drug-likeness (QED) is 0.511. The van der Waals surface area contributed by atoms with Crippen molar-refractivity contribution in [2.24, 2.45) is 10.6 Å². The first kappa shape index (κ1) is 23.5. The summed E-state index contributed by atoms with van der Waals surface area (Å²) in [7, 11) is -4.12. The lowest BCUT2D eigenvalue weighted by Crippen LogP contribution is -2.27. The van der Waals surface area contributed by atoms with Crippen LogP contribution in [0.3, 0.4) is 0 Å². The Morgan fingerprint density at radius 3 is 2.13 bits per heavy atom. The molecule has 0 saturated carbocycles. The third-order valence-electron chi connectivity index (χ3n) is 3.95. The zero-order chi connectivity index (χ0) is 22.7. The first-order valence-corrected chi connectivity index (χ1v) is 10.7. The first-order valence-electron chi connectivity index (χ1n) is 8.73. The molecule has 3 N–H and O–H groups in total. The number of amides is 1. The summed E-state index contributed by atoms with van der Waals surface area (Å²) in [6, 6.07) is 9.57. The molecule has 0 aliphatic carbocycles. The molecular weight excluding hydrogens is 432 g/mol. The van der Waals surface area contributed by atoms with Crippen molar-refractivity contribution in [1.29, 1.82) is 0 Å². The van der Waals surface area contributed by atoms with Gasteiger partial charge in [-0.1, -0.05) is 32.4 Å². The van der Waals surface area contributed by atoms with Gasteiger partial charge in [-0.3, -0.25) is 9.59 Å². The average Bonchev–Trinajstić information content (AvgIpc) is 2.65. The number of ether oxygens (including phenoxy) is 1. The molecule has 0 heterocycles. The van der Waals surface area contributed by atoms with Crippen LogP contribution in [0.15, 0.2) is 47.4 Å². The largest absolute Gasteiger partial charge is 0.454 e. The number of primary sulfonamides is 1. The van der Waals surface area contributed by atoms with Crippen LogP contribution in [0.5, 0.6) is 0 Å². The fourth-order valence-electron chi connectivity index (χ4n) is 2.20. The van der Waals surface area contributed by atoms with E-state index < -0.39 is 38.7 Å². The number of carbonyl (C=O) groups excluding carboxylic acids is 3. The molecule has 0 radical (unpaired) electrons. The highest BCUT2D eigenvalue weighted by Crippen LogP contribution is 2.22. The predicted octanol–water partition coefficient (Wildman–Crippen LogP) is 3.01. The molecule has 0 atom stereocenters. The van der Waals surface area contributed by atoms with Gasteiger partial charge in [0.25, 0.3) is 0 Å². The summed E-state index contributed by atoms with van der Waals surface area (Å²) in [5, 5.41) is 7.65. The lowest BCUT2D eigenvalue weighted by Gasteiger charge is -2.17. The van der Waals surface area contributed by atoms with Crippen molar-refractivity contribution < 1.29 is 27.5 Å². The minimum absolute atomic E-state index is 0.114. The molecule has 30 heavy (non-hydrogen) atoms. The van der Waals surface area contributed by atoms with Crippen LogP contribution >= 0.6 is 11.6 Å². The van der Waals surface area contributed by atoms with Gasteiger partial charge < -0.3 is 10.1 Å². The maximum Gasteiger partial charge on any atom is 0.338 e. The van der Waals surface area contributed by atoms with Gasteiger partial charge in [-0.2, -0.15) is 0 Å². The van der Waals surface area contributed by atoms with E-state index in [4.69, 9.17) is 21.5 Å². The van der Waals surface area contributed by atoms with Crippen LogP contribution in [-0.2, 0) is 19.6 Å². The van der Waals surface area contributed by atoms with E-state index in [0.717, 1.165) is 6.07 Å². The van der Waals surface area contributed by atoms with Gasteiger partial charge in [-0.15, -0.1) is 0 Å². The highest BCUT2D eigenvalue weighted by Gasteiger charge is 2.21. The van der Waals surface area contributed by atoms with Crippen LogP contribution in [0, 0.1) is 5.41 Å². The molecule has 2 aromatic carbocycles. The lowest BCUT2D eigenvalue weighted by molar-refractivity contribution is -0.123. The Morgan fingerprint density at radius 2 is 1.60 bits per heavy atom. The van der Waals surface area contributed by atoms with E-state index in [2.05, 4.69) is 5.32 Å². The Bertz CT molecular complexity index is 1090. The zero-order valence-electron chi connectivity index (χ0n) is 16.6. The Labute approximate surface area is 179 Å². The number of esters is 1. The molecular formula is C20H21ClN2O6S. The molecule has 0 unspecified atom stereocenters. The molecule has 0 fully saturated rings. The number of anilines is 1. The summed E-state index contributed by atoms with van der Waals surface area (Å²) >= 11 is 5.77. The average molecular weight is 453 g/mol. The van der Waals surface area contributed by atoms with E-state index in [1.165, 1.54) is 24.3 Å². The van der Waals surface area contributed by atoms with Gasteiger partial charge in [0, 0.05) is 16.7 Å². The van der Waals surface area contributed by atoms with Gasteiger partial charge in [0.05, 0.1) is 10.6 Å². The maximum atomic E-state index is 12.3. The van der Waals surface area contributed by atoms with Crippen molar-refractivity contribution in [3.63, 3.8) is 0 Å². The van der Waals surface area contributed by atoms with Gasteiger partial charge in [0.15, 0.2) is 12.4 Å². The standard InChI is InChI=1S/C20H21ClN2O6S/c1-20(2,3)19(26)23-14-7-4-12(5-8-14)16(24)11-29-18(25)13-6-9-15(21)17(10-13)30(22,27)28/h4-10H,11H2,1-3H3,(H,23,26)(H2,22,27,28). The van der Waals surface area contributed by atoms with E-state index in [1.807, 2.05) is 0 Å². The summed E-state index contributed by atoms with van der Waals surface area (Å²) < 4.78 is 27.9. The molecule has 0 aromatic heterocycles. The Kier molecular flexibility index (Phi) is 7.02. The lowest BCUT2D eigenvalue weighted by atomic mass is 9.95. The van der Waals surface area contributed by atoms with Crippen LogP contribution < -0.4 is 10.5 Å². The maximum absolute atomic E-state index is 12.3. The molecule has 0 spiro atoms. The van der Waals surface area contributed by atoms with Crippen LogP contribution in [0.1, 0.15) is 41.5 Å². The number of hydrogen-bond donors (Lipinski definition) is 2. The zero-order valence-corrected chi connectivity index (χ0v) is 18.1. The summed E-state index contributed by atoms with van der Waals surface area (Å²) in [6.45, 7) is 4.78. The smallest absolute Gasteiger partial charge is 0.338 e. The molecule has 160 valence electrons. The van der Waals surface area contributed by atoms with Crippen LogP contribution in [0.4, 0.5) is 5.69 Å². The summed E-state index contributed by atoms with van der Waals surface area (Å²) in [5.41, 5.74) is 0.127. The fourth-order valence-corrected chi connectivity index (χ4v) is 3.28. The van der Waals surface area contributed by atoms with Crippen molar-refractivity contribution in [3.05, 3.63) is 58.6 Å². The Hall–Kier alpha value is -2.75. The third kappa shape index (κ3) is 6.12. The molecule has 2 rings (SSSR count). The summed E-state index contributed by atoms with van der Waals surface area (Å²) in [5.74, 6) is -1.55. The number of carbonyl (C=O) groups is 3. The molecule has 2 aromatic rings. The molecule has 1 amide bonds. The van der Waals surface area contributed by atoms with Crippen LogP contribution in [0.25, 0.3) is 0 Å². The van der Waals surface area contributed by atoms with E-state index >= 15 is 0 Å². The fraction of sp³-hybridized carbons (Fsp3) is 0.250. The molecule has 0 bridgehead atoms. The summed E-state index contributed by atoms with van der Waals surface area (Å²) in [6.07, 6.45) is 0. The van der Waals surface area contributed by atoms with E-state index in [9.17, 15) is 22.8 Å². The molecule has 10 heteroatoms. The minimum atomic E-state index is -4.12. The first-order chi connectivity index (χ1) is 13.8. The number of hydrogen-bond acceptors (Lipinski definition) is 6. The third-order valence-corrected chi connectivity index (χ3v) is 5.35. The van der Waals surface area contributed by atoms with Crippen molar-refractivity contribution in [3.8, 4) is 0 Å². The molecule has 0 aliphatic heterocycles. The normalized spacial score (nSPS) is 11.6. The second-order valence-electron chi connectivity index (χ2n) is 7.47. The predicted molar refractivity (Wildman–Crippen MR) is 112 cm³/mol. The SMILES string of the molecule is CC(C)(C)C(=O)Nc1ccc(C(=O)COC(=O)c2ccc(Cl)c(S(N)(=O)=O)c2)cc1. The van der Waals surface area contributed by atoms with Crippen molar-refractivity contribution in [1.82, 2.24) is 0 Å². The number of nitrogens with one attached hydrogen (secondary N) is 1. The van der Waals surface area contributed by atoms with E-state index in [0.29, 0.717) is 5.69 Å². The topological polar surface area (TPSA) is 133 Å². The summed E-state index contributed by atoms with van der Waals surface area (Å²) in [4.78, 5) is 36.0. The second-order valence-corrected chi connectivity index (χ2v) is 9.41. The monoisotopic (exact) mass is 452 g/mol. The molecule has 8 nitrogen and oxygen atoms in total. The number of Topliss-reactive ketones (excluding diaryl/α,β-unsaturated/α-hetero) is 1. The second kappa shape index (κ2) is 8.95. The number of ketones is 1. The minimum Gasteiger partial charge on any atom is -0.454 e. The van der Waals surface area contributed by atoms with Crippen LogP contribution in [0.2, 0.25) is 5.02 Å². The Balaban J connectivity index is 2.02. The number of halogens is 1. The van der Waals surface area contributed by atoms with E-state index in [-0.39, 0.29) is 22.1 Å². The van der Waals surface area contributed by atoms with Gasteiger partial charge in [0.2, 0.25) is 15.9 Å². The van der Waals surface area contributed by atoms with Gasteiger partial charge in [-0.05, 0) is 42.5 Å². The van der Waals surface area contributed by atoms with Gasteiger partial charge in [-0.25, -0.2) is 18.4 Å².